The number of hydrogen-bond donors (Lipinski definition) is 0. The maximum absolute atomic E-state index is 5.24. The second-order valence-electron chi connectivity index (χ2n) is 14.2. The molecule has 0 spiro atoms. The van der Waals surface area contributed by atoms with Crippen LogP contribution < -0.4 is 0 Å². The Morgan fingerprint density at radius 2 is 0.800 bits per heavy atom. The minimum Gasteiger partial charge on any atom is -0.265 e. The first-order valence-electron chi connectivity index (χ1n) is 18.6. The first-order valence-corrected chi connectivity index (χ1v) is 19.4. The molecule has 0 aliphatic heterocycles. The van der Waals surface area contributed by atoms with Crippen LogP contribution in [0.1, 0.15) is 0 Å². The molecule has 0 unspecified atom stereocenters. The smallest absolute Gasteiger partial charge is 0.0715 e. The van der Waals surface area contributed by atoms with Crippen LogP contribution in [0.5, 0.6) is 0 Å². The molecule has 0 amide bonds. The predicted molar refractivity (Wildman–Crippen MR) is 235 cm³/mol. The molecule has 0 saturated heterocycles. The molecule has 8 aromatic carbocycles. The van der Waals surface area contributed by atoms with Gasteiger partial charge in [0.05, 0.1) is 11.4 Å². The summed E-state index contributed by atoms with van der Waals surface area (Å²) in [6.45, 7) is 0. The molecule has 11 rings (SSSR count). The van der Waals surface area contributed by atoms with Crippen LogP contribution in [0.2, 0.25) is 0 Å². The third-order valence-electron chi connectivity index (χ3n) is 11.0. The number of rotatable bonds is 5. The van der Waals surface area contributed by atoms with Crippen molar-refractivity contribution in [1.29, 1.82) is 0 Å². The molecule has 0 saturated carbocycles. The van der Waals surface area contributed by atoms with E-state index in [-0.39, 0.29) is 0 Å². The highest BCUT2D eigenvalue weighted by molar-refractivity contribution is 7.26. The van der Waals surface area contributed by atoms with Crippen LogP contribution in [0.25, 0.3) is 108 Å². The molecule has 0 atom stereocenters. The highest BCUT2D eigenvalue weighted by Gasteiger charge is 2.16. The van der Waals surface area contributed by atoms with Crippen molar-refractivity contribution in [1.82, 2.24) is 9.97 Å². The molecule has 3 heteroatoms. The van der Waals surface area contributed by atoms with Crippen molar-refractivity contribution in [3.05, 3.63) is 194 Å². The lowest BCUT2D eigenvalue weighted by atomic mass is 9.91. The monoisotopic (exact) mass is 716 g/mol. The average molecular weight is 717 g/mol. The van der Waals surface area contributed by atoms with Crippen LogP contribution in [0, 0.1) is 0 Å². The van der Waals surface area contributed by atoms with Gasteiger partial charge in [0.15, 0.2) is 0 Å². The lowest BCUT2D eigenvalue weighted by molar-refractivity contribution is 1.32. The third kappa shape index (κ3) is 5.40. The molecule has 55 heavy (non-hydrogen) atoms. The molecule has 0 N–H and O–H groups in total. The van der Waals surface area contributed by atoms with Crippen LogP contribution in [0.3, 0.4) is 0 Å². The largest absolute Gasteiger partial charge is 0.265 e. The van der Waals surface area contributed by atoms with Gasteiger partial charge in [-0.2, -0.15) is 0 Å². The van der Waals surface area contributed by atoms with E-state index in [1.807, 2.05) is 35.9 Å². The molecule has 11 aromatic rings. The number of fused-ring (bicyclic) bond motifs is 10. The van der Waals surface area contributed by atoms with Gasteiger partial charge in [0.25, 0.3) is 0 Å². The van der Waals surface area contributed by atoms with E-state index < -0.39 is 0 Å². The molecule has 2 nitrogen and oxygen atoms in total. The molecule has 3 heterocycles. The first-order chi connectivity index (χ1) is 27.2. The highest BCUT2D eigenvalue weighted by Crippen LogP contribution is 2.45. The van der Waals surface area contributed by atoms with Crippen molar-refractivity contribution in [2.45, 2.75) is 0 Å². The fourth-order valence-electron chi connectivity index (χ4n) is 8.23. The van der Waals surface area contributed by atoms with E-state index in [9.17, 15) is 0 Å². The molecular formula is C52H32N2S. The number of aromatic nitrogens is 2. The maximum Gasteiger partial charge on any atom is 0.0715 e. The van der Waals surface area contributed by atoms with Crippen LogP contribution in [0.15, 0.2) is 194 Å². The Morgan fingerprint density at radius 1 is 0.309 bits per heavy atom. The maximum atomic E-state index is 5.24. The fourth-order valence-corrected chi connectivity index (χ4v) is 9.50. The molecule has 0 aliphatic rings. The molecule has 256 valence electrons. The standard InChI is InChI=1S/C52H32N2S/c1-2-8-33(9-3-1)40-31-48(37-18-14-34(15-19-37)36-26-28-53-29-27-36)54-49(32-40)38-20-16-35(17-21-38)39-22-23-45-47(30-39)42-11-5-4-10-41(42)44-24-25-46-43-12-6-7-13-50(43)55-52(46)51(44)45/h1-32H. The average Bonchev–Trinajstić information content (AvgIpc) is 3.66. The van der Waals surface area contributed by atoms with Gasteiger partial charge in [0.1, 0.15) is 0 Å². The van der Waals surface area contributed by atoms with Gasteiger partial charge in [0.2, 0.25) is 0 Å². The van der Waals surface area contributed by atoms with E-state index >= 15 is 0 Å². The lowest BCUT2D eigenvalue weighted by Crippen LogP contribution is -1.92. The number of thiophene rings is 1. The molecule has 0 fully saturated rings. The van der Waals surface area contributed by atoms with Crippen molar-refractivity contribution in [2.75, 3.05) is 0 Å². The Morgan fingerprint density at radius 3 is 1.51 bits per heavy atom. The topological polar surface area (TPSA) is 25.8 Å². The summed E-state index contributed by atoms with van der Waals surface area (Å²) in [5.41, 5.74) is 11.1. The zero-order valence-corrected chi connectivity index (χ0v) is 30.6. The SMILES string of the molecule is c1ccc(-c2cc(-c3ccc(-c4ccncc4)cc3)nc(-c3ccc(-c4ccc5c(c4)c4ccccc4c4ccc6c7ccccc7sc6c45)cc3)c2)cc1. The minimum absolute atomic E-state index is 0.947. The van der Waals surface area contributed by atoms with Crippen molar-refractivity contribution < 1.29 is 0 Å². The summed E-state index contributed by atoms with van der Waals surface area (Å²) >= 11 is 1.91. The van der Waals surface area contributed by atoms with Crippen LogP contribution in [0.4, 0.5) is 0 Å². The molecule has 3 aromatic heterocycles. The summed E-state index contributed by atoms with van der Waals surface area (Å²) in [4.78, 5) is 9.41. The zero-order valence-electron chi connectivity index (χ0n) is 29.8. The van der Waals surface area contributed by atoms with E-state index in [0.717, 1.165) is 39.2 Å². The van der Waals surface area contributed by atoms with Gasteiger partial charge in [-0.15, -0.1) is 11.3 Å². The van der Waals surface area contributed by atoms with Crippen LogP contribution in [-0.4, -0.2) is 9.97 Å². The van der Waals surface area contributed by atoms with E-state index in [1.165, 1.54) is 69.2 Å². The van der Waals surface area contributed by atoms with Crippen molar-refractivity contribution >= 4 is 63.8 Å². The van der Waals surface area contributed by atoms with Gasteiger partial charge < -0.3 is 0 Å². The van der Waals surface area contributed by atoms with Gasteiger partial charge in [-0.1, -0.05) is 146 Å². The predicted octanol–water partition coefficient (Wildman–Crippen LogP) is 14.6. The lowest BCUT2D eigenvalue weighted by Gasteiger charge is -2.13. The Kier molecular flexibility index (Phi) is 7.39. The summed E-state index contributed by atoms with van der Waals surface area (Å²) in [7, 11) is 0. The second kappa shape index (κ2) is 12.9. The summed E-state index contributed by atoms with van der Waals surface area (Å²) in [5.74, 6) is 0. The molecular weight excluding hydrogens is 685 g/mol. The van der Waals surface area contributed by atoms with Gasteiger partial charge in [0, 0.05) is 49.1 Å². The Bertz CT molecular complexity index is 3220. The molecule has 0 radical (unpaired) electrons. The van der Waals surface area contributed by atoms with Crippen molar-refractivity contribution in [3.8, 4) is 55.9 Å². The second-order valence-corrected chi connectivity index (χ2v) is 15.2. The summed E-state index contributed by atoms with van der Waals surface area (Å²) < 4.78 is 2.69. The van der Waals surface area contributed by atoms with Crippen LogP contribution >= 0.6 is 11.3 Å². The van der Waals surface area contributed by atoms with E-state index in [0.29, 0.717) is 0 Å². The van der Waals surface area contributed by atoms with Crippen molar-refractivity contribution in [2.24, 2.45) is 0 Å². The van der Waals surface area contributed by atoms with E-state index in [1.54, 1.807) is 0 Å². The number of pyridine rings is 2. The number of nitrogens with zero attached hydrogens (tertiary/aromatic N) is 2. The van der Waals surface area contributed by atoms with E-state index in [4.69, 9.17) is 4.98 Å². The van der Waals surface area contributed by atoms with Gasteiger partial charge >= 0.3 is 0 Å². The van der Waals surface area contributed by atoms with Crippen molar-refractivity contribution in [3.63, 3.8) is 0 Å². The quantitative estimate of drug-likeness (QED) is 0.166. The summed E-state index contributed by atoms with van der Waals surface area (Å²) in [6, 6.07) is 65.9. The summed E-state index contributed by atoms with van der Waals surface area (Å²) in [5, 5.41) is 10.5. The number of hydrogen-bond acceptors (Lipinski definition) is 3. The molecule has 0 aliphatic carbocycles. The molecule has 0 bridgehead atoms. The Hall–Kier alpha value is -6.94. The van der Waals surface area contributed by atoms with Crippen LogP contribution in [-0.2, 0) is 0 Å². The van der Waals surface area contributed by atoms with E-state index in [2.05, 4.69) is 175 Å². The number of benzene rings is 8. The summed E-state index contributed by atoms with van der Waals surface area (Å²) in [6.07, 6.45) is 3.66. The van der Waals surface area contributed by atoms with Gasteiger partial charge in [-0.05, 0) is 96.7 Å². The normalized spacial score (nSPS) is 11.6. The Labute approximate surface area is 322 Å². The highest BCUT2D eigenvalue weighted by atomic mass is 32.1. The third-order valence-corrected chi connectivity index (χ3v) is 12.2. The zero-order chi connectivity index (χ0) is 36.3. The van der Waals surface area contributed by atoms with Gasteiger partial charge in [-0.25, -0.2) is 4.98 Å². The Balaban J connectivity index is 1.01. The fraction of sp³-hybridized carbons (Fsp3) is 0. The minimum atomic E-state index is 0.947. The van der Waals surface area contributed by atoms with Gasteiger partial charge in [-0.3, -0.25) is 4.98 Å². The first kappa shape index (κ1) is 31.6.